The van der Waals surface area contributed by atoms with Crippen molar-refractivity contribution in [2.24, 2.45) is 7.05 Å². The minimum Gasteiger partial charge on any atom is -0.368 e. The molecule has 1 saturated heterocycles. The van der Waals surface area contributed by atoms with Gasteiger partial charge in [0.1, 0.15) is 17.5 Å². The molecule has 1 aliphatic heterocycles. The Morgan fingerprint density at radius 3 is 2.83 bits per heavy atom. The molecular formula is C12H19N5S. The number of hydrogen-bond acceptors (Lipinski definition) is 5. The van der Waals surface area contributed by atoms with Gasteiger partial charge in [0.05, 0.1) is 5.69 Å². The minimum atomic E-state index is 0.659. The first kappa shape index (κ1) is 13.2. The summed E-state index contributed by atoms with van der Waals surface area (Å²) < 4.78 is 1.75. The zero-order valence-corrected chi connectivity index (χ0v) is 11.8. The lowest BCUT2D eigenvalue weighted by Crippen LogP contribution is -2.36. The van der Waals surface area contributed by atoms with Gasteiger partial charge in [-0.05, 0) is 6.92 Å². The third-order valence-electron chi connectivity index (χ3n) is 3.16. The highest BCUT2D eigenvalue weighted by atomic mass is 32.2. The molecule has 1 N–H and O–H groups in total. The molecular weight excluding hydrogens is 246 g/mol. The number of nitriles is 1. The van der Waals surface area contributed by atoms with Crippen LogP contribution in [0.2, 0.25) is 0 Å². The van der Waals surface area contributed by atoms with E-state index in [0.717, 1.165) is 24.6 Å². The van der Waals surface area contributed by atoms with Crippen molar-refractivity contribution in [3.05, 3.63) is 11.3 Å². The molecule has 0 bridgehead atoms. The van der Waals surface area contributed by atoms with Crippen LogP contribution < -0.4 is 5.32 Å². The lowest BCUT2D eigenvalue weighted by atomic mass is 10.2. The van der Waals surface area contributed by atoms with Crippen LogP contribution in [0, 0.1) is 18.3 Å². The van der Waals surface area contributed by atoms with Gasteiger partial charge < -0.3 is 5.32 Å². The van der Waals surface area contributed by atoms with Crippen LogP contribution in [-0.2, 0) is 7.05 Å². The lowest BCUT2D eigenvalue weighted by Gasteiger charge is -2.26. The van der Waals surface area contributed by atoms with Crippen LogP contribution in [0.1, 0.15) is 11.3 Å². The second kappa shape index (κ2) is 6.12. The number of anilines is 1. The van der Waals surface area contributed by atoms with E-state index in [1.54, 1.807) is 4.68 Å². The minimum absolute atomic E-state index is 0.659. The number of aryl methyl sites for hydroxylation is 2. The zero-order chi connectivity index (χ0) is 13.0. The van der Waals surface area contributed by atoms with Gasteiger partial charge in [0.15, 0.2) is 0 Å². The normalized spacial score (nSPS) is 16.5. The summed E-state index contributed by atoms with van der Waals surface area (Å²) in [6.45, 7) is 6.09. The maximum absolute atomic E-state index is 9.10. The molecule has 2 rings (SSSR count). The van der Waals surface area contributed by atoms with Crippen LogP contribution in [0.25, 0.3) is 0 Å². The molecule has 0 unspecified atom stereocenters. The average molecular weight is 265 g/mol. The second-order valence-electron chi connectivity index (χ2n) is 4.43. The molecule has 18 heavy (non-hydrogen) atoms. The van der Waals surface area contributed by atoms with Crippen LogP contribution in [0.4, 0.5) is 5.82 Å². The van der Waals surface area contributed by atoms with Crippen molar-refractivity contribution in [1.82, 2.24) is 14.7 Å². The van der Waals surface area contributed by atoms with Crippen molar-refractivity contribution in [1.29, 1.82) is 5.26 Å². The van der Waals surface area contributed by atoms with Crippen LogP contribution >= 0.6 is 11.8 Å². The predicted octanol–water partition coefficient (Wildman–Crippen LogP) is 1.06. The SMILES string of the molecule is Cc1nn(C)c(NCCN2CCSCC2)c1C#N. The summed E-state index contributed by atoms with van der Waals surface area (Å²) in [6.07, 6.45) is 0. The topological polar surface area (TPSA) is 56.9 Å². The van der Waals surface area contributed by atoms with E-state index in [1.807, 2.05) is 25.7 Å². The number of nitrogens with zero attached hydrogens (tertiary/aromatic N) is 4. The van der Waals surface area contributed by atoms with Crippen molar-refractivity contribution in [2.75, 3.05) is 43.0 Å². The van der Waals surface area contributed by atoms with Crippen molar-refractivity contribution in [3.63, 3.8) is 0 Å². The molecule has 0 aliphatic carbocycles. The van der Waals surface area contributed by atoms with E-state index in [2.05, 4.69) is 21.4 Å². The molecule has 6 heteroatoms. The third-order valence-corrected chi connectivity index (χ3v) is 4.10. The smallest absolute Gasteiger partial charge is 0.142 e. The standard InChI is InChI=1S/C12H19N5S/c1-10-11(9-13)12(16(2)15-10)14-3-4-17-5-7-18-8-6-17/h14H,3-8H2,1-2H3. The monoisotopic (exact) mass is 265 g/mol. The Kier molecular flexibility index (Phi) is 4.50. The third kappa shape index (κ3) is 2.98. The maximum Gasteiger partial charge on any atom is 0.142 e. The van der Waals surface area contributed by atoms with Gasteiger partial charge in [0, 0.05) is 44.7 Å². The van der Waals surface area contributed by atoms with Gasteiger partial charge >= 0.3 is 0 Å². The Balaban J connectivity index is 1.88. The lowest BCUT2D eigenvalue weighted by molar-refractivity contribution is 0.314. The Hall–Kier alpha value is -1.19. The van der Waals surface area contributed by atoms with Crippen LogP contribution in [0.5, 0.6) is 0 Å². The quantitative estimate of drug-likeness (QED) is 0.882. The van der Waals surface area contributed by atoms with Crippen LogP contribution in [0.3, 0.4) is 0 Å². The van der Waals surface area contributed by atoms with Gasteiger partial charge in [-0.2, -0.15) is 22.1 Å². The molecule has 98 valence electrons. The van der Waals surface area contributed by atoms with Gasteiger partial charge in [-0.15, -0.1) is 0 Å². The molecule has 0 amide bonds. The summed E-state index contributed by atoms with van der Waals surface area (Å²) in [7, 11) is 1.87. The molecule has 0 aromatic carbocycles. The Morgan fingerprint density at radius 1 is 1.44 bits per heavy atom. The molecule has 0 radical (unpaired) electrons. The largest absolute Gasteiger partial charge is 0.368 e. The second-order valence-corrected chi connectivity index (χ2v) is 5.65. The van der Waals surface area contributed by atoms with E-state index in [0.29, 0.717) is 5.56 Å². The van der Waals surface area contributed by atoms with Gasteiger partial charge in [-0.1, -0.05) is 0 Å². The van der Waals surface area contributed by atoms with E-state index in [4.69, 9.17) is 5.26 Å². The van der Waals surface area contributed by atoms with Gasteiger partial charge in [-0.25, -0.2) is 0 Å². The summed E-state index contributed by atoms with van der Waals surface area (Å²) in [5.74, 6) is 3.30. The molecule has 5 nitrogen and oxygen atoms in total. The molecule has 0 saturated carbocycles. The summed E-state index contributed by atoms with van der Waals surface area (Å²) in [5.41, 5.74) is 1.45. The highest BCUT2D eigenvalue weighted by Crippen LogP contribution is 2.17. The number of thioether (sulfide) groups is 1. The fraction of sp³-hybridized carbons (Fsp3) is 0.667. The van der Waals surface area contributed by atoms with E-state index >= 15 is 0 Å². The molecule has 0 spiro atoms. The first-order chi connectivity index (χ1) is 8.72. The fourth-order valence-electron chi connectivity index (χ4n) is 2.15. The molecule has 1 aromatic rings. The highest BCUT2D eigenvalue weighted by molar-refractivity contribution is 7.99. The van der Waals surface area contributed by atoms with Crippen LogP contribution in [0.15, 0.2) is 0 Å². The summed E-state index contributed by atoms with van der Waals surface area (Å²) in [6, 6.07) is 2.21. The number of nitrogens with one attached hydrogen (secondary N) is 1. The van der Waals surface area contributed by atoms with E-state index in [1.165, 1.54) is 24.6 Å². The maximum atomic E-state index is 9.10. The van der Waals surface area contributed by atoms with E-state index in [9.17, 15) is 0 Å². The van der Waals surface area contributed by atoms with Gasteiger partial charge in [0.25, 0.3) is 0 Å². The predicted molar refractivity (Wildman–Crippen MR) is 74.9 cm³/mol. The van der Waals surface area contributed by atoms with Gasteiger partial charge in [-0.3, -0.25) is 9.58 Å². The number of aromatic nitrogens is 2. The van der Waals surface area contributed by atoms with Crippen LogP contribution in [-0.4, -0.2) is 52.4 Å². The Morgan fingerprint density at radius 2 is 2.17 bits per heavy atom. The van der Waals surface area contributed by atoms with Crippen molar-refractivity contribution in [3.8, 4) is 6.07 Å². The van der Waals surface area contributed by atoms with Crippen molar-refractivity contribution >= 4 is 17.6 Å². The first-order valence-corrected chi connectivity index (χ1v) is 7.35. The molecule has 0 atom stereocenters. The highest BCUT2D eigenvalue weighted by Gasteiger charge is 2.13. The van der Waals surface area contributed by atoms with E-state index < -0.39 is 0 Å². The fourth-order valence-corrected chi connectivity index (χ4v) is 3.13. The Bertz CT molecular complexity index is 442. The average Bonchev–Trinajstić information content (AvgIpc) is 2.65. The first-order valence-electron chi connectivity index (χ1n) is 6.20. The van der Waals surface area contributed by atoms with E-state index in [-0.39, 0.29) is 0 Å². The summed E-state index contributed by atoms with van der Waals surface area (Å²) in [4.78, 5) is 2.46. The van der Waals surface area contributed by atoms with Gasteiger partial charge in [0.2, 0.25) is 0 Å². The summed E-state index contributed by atoms with van der Waals surface area (Å²) >= 11 is 2.02. The molecule has 1 aromatic heterocycles. The number of rotatable bonds is 4. The van der Waals surface area contributed by atoms with Crippen molar-refractivity contribution in [2.45, 2.75) is 6.92 Å². The molecule has 1 aliphatic rings. The molecule has 2 heterocycles. The van der Waals surface area contributed by atoms with Crippen molar-refractivity contribution < 1.29 is 0 Å². The molecule has 1 fully saturated rings. The number of hydrogen-bond donors (Lipinski definition) is 1. The summed E-state index contributed by atoms with van der Waals surface area (Å²) in [5, 5.41) is 16.7. The Labute approximate surface area is 112 Å². The zero-order valence-electron chi connectivity index (χ0n) is 10.9.